The maximum absolute atomic E-state index is 12.3. The van der Waals surface area contributed by atoms with Crippen molar-refractivity contribution in [2.75, 3.05) is 16.8 Å². The predicted molar refractivity (Wildman–Crippen MR) is 94.7 cm³/mol. The lowest BCUT2D eigenvalue weighted by molar-refractivity contribution is -0.119. The monoisotopic (exact) mass is 372 g/mol. The molecule has 2 aromatic rings. The minimum atomic E-state index is -0.173. The summed E-state index contributed by atoms with van der Waals surface area (Å²) in [6.07, 6.45) is 2.59. The average molecular weight is 373 g/mol. The van der Waals surface area contributed by atoms with Crippen LogP contribution in [0.5, 0.6) is 0 Å². The predicted octanol–water partition coefficient (Wildman–Crippen LogP) is 4.22. The van der Waals surface area contributed by atoms with Crippen molar-refractivity contribution in [3.05, 3.63) is 58.6 Å². The molecule has 1 aliphatic rings. The number of carbonyl (C=O) groups excluding carboxylic acids is 2. The van der Waals surface area contributed by atoms with Crippen LogP contribution in [-0.2, 0) is 4.79 Å². The molecule has 0 unspecified atom stereocenters. The minimum absolute atomic E-state index is 0.154. The maximum Gasteiger partial charge on any atom is 0.255 e. The van der Waals surface area contributed by atoms with Crippen LogP contribution in [-0.4, -0.2) is 18.4 Å². The van der Waals surface area contributed by atoms with Crippen molar-refractivity contribution in [2.45, 2.75) is 19.3 Å². The standard InChI is InChI=1S/C18H17BrN2O2/c19-15-5-1-2-6-16(15)20-18(23)13-8-10-14(11-9-13)21-12-4-3-7-17(21)22/h1-2,5-6,8-11H,3-4,7,12H2,(H,20,23). The Labute approximate surface area is 143 Å². The summed E-state index contributed by atoms with van der Waals surface area (Å²) in [5.74, 6) is -0.0184. The van der Waals surface area contributed by atoms with Gasteiger partial charge in [0.2, 0.25) is 5.91 Å². The van der Waals surface area contributed by atoms with Crippen molar-refractivity contribution < 1.29 is 9.59 Å². The van der Waals surface area contributed by atoms with E-state index in [0.29, 0.717) is 12.0 Å². The Hall–Kier alpha value is -2.14. The number of carbonyl (C=O) groups is 2. The number of piperidine rings is 1. The molecule has 5 heteroatoms. The highest BCUT2D eigenvalue weighted by molar-refractivity contribution is 9.10. The summed E-state index contributed by atoms with van der Waals surface area (Å²) in [7, 11) is 0. The third-order valence-electron chi connectivity index (χ3n) is 3.89. The Morgan fingerprint density at radius 1 is 1.04 bits per heavy atom. The van der Waals surface area contributed by atoms with E-state index in [9.17, 15) is 9.59 Å². The lowest BCUT2D eigenvalue weighted by Gasteiger charge is -2.26. The number of anilines is 2. The normalized spacial score (nSPS) is 14.7. The number of rotatable bonds is 3. The van der Waals surface area contributed by atoms with E-state index < -0.39 is 0 Å². The number of para-hydroxylation sites is 1. The third-order valence-corrected chi connectivity index (χ3v) is 4.58. The number of benzene rings is 2. The fourth-order valence-electron chi connectivity index (χ4n) is 2.63. The van der Waals surface area contributed by atoms with Crippen LogP contribution in [0.3, 0.4) is 0 Å². The van der Waals surface area contributed by atoms with Crippen molar-refractivity contribution in [2.24, 2.45) is 0 Å². The molecule has 0 radical (unpaired) electrons. The number of amides is 2. The molecule has 2 amide bonds. The average Bonchev–Trinajstić information content (AvgIpc) is 2.57. The second kappa shape index (κ2) is 6.96. The van der Waals surface area contributed by atoms with Crippen LogP contribution in [0, 0.1) is 0 Å². The smallest absolute Gasteiger partial charge is 0.255 e. The molecule has 118 valence electrons. The Morgan fingerprint density at radius 3 is 2.48 bits per heavy atom. The summed E-state index contributed by atoms with van der Waals surface area (Å²) in [6.45, 7) is 0.751. The molecule has 0 aliphatic carbocycles. The Balaban J connectivity index is 1.73. The highest BCUT2D eigenvalue weighted by Gasteiger charge is 2.19. The zero-order chi connectivity index (χ0) is 16.2. The van der Waals surface area contributed by atoms with Gasteiger partial charge < -0.3 is 10.2 Å². The molecule has 0 spiro atoms. The van der Waals surface area contributed by atoms with Gasteiger partial charge in [-0.05, 0) is 65.2 Å². The summed E-state index contributed by atoms with van der Waals surface area (Å²) in [6, 6.07) is 14.6. The van der Waals surface area contributed by atoms with Crippen LogP contribution in [0.4, 0.5) is 11.4 Å². The molecule has 1 N–H and O–H groups in total. The maximum atomic E-state index is 12.3. The van der Waals surface area contributed by atoms with Crippen LogP contribution >= 0.6 is 15.9 Å². The molecular formula is C18H17BrN2O2. The molecule has 0 aromatic heterocycles. The van der Waals surface area contributed by atoms with E-state index in [-0.39, 0.29) is 11.8 Å². The Kier molecular flexibility index (Phi) is 4.76. The highest BCUT2D eigenvalue weighted by atomic mass is 79.9. The lowest BCUT2D eigenvalue weighted by Crippen LogP contribution is -2.35. The van der Waals surface area contributed by atoms with Gasteiger partial charge >= 0.3 is 0 Å². The molecule has 1 fully saturated rings. The zero-order valence-corrected chi connectivity index (χ0v) is 14.2. The van der Waals surface area contributed by atoms with E-state index in [0.717, 1.165) is 35.2 Å². The van der Waals surface area contributed by atoms with E-state index in [2.05, 4.69) is 21.2 Å². The lowest BCUT2D eigenvalue weighted by atomic mass is 10.1. The van der Waals surface area contributed by atoms with E-state index in [4.69, 9.17) is 0 Å². The van der Waals surface area contributed by atoms with Gasteiger partial charge in [0.25, 0.3) is 5.91 Å². The molecule has 0 saturated carbocycles. The zero-order valence-electron chi connectivity index (χ0n) is 12.6. The van der Waals surface area contributed by atoms with Crippen molar-refractivity contribution in [3.63, 3.8) is 0 Å². The van der Waals surface area contributed by atoms with Crippen molar-refractivity contribution >= 4 is 39.1 Å². The highest BCUT2D eigenvalue weighted by Crippen LogP contribution is 2.24. The largest absolute Gasteiger partial charge is 0.321 e. The van der Waals surface area contributed by atoms with Gasteiger partial charge in [-0.25, -0.2) is 0 Å². The van der Waals surface area contributed by atoms with Gasteiger partial charge in [-0.1, -0.05) is 12.1 Å². The van der Waals surface area contributed by atoms with E-state index in [1.54, 1.807) is 17.0 Å². The first-order valence-electron chi connectivity index (χ1n) is 7.61. The van der Waals surface area contributed by atoms with Gasteiger partial charge in [0.15, 0.2) is 0 Å². The SMILES string of the molecule is O=C(Nc1ccccc1Br)c1ccc(N2CCCCC2=O)cc1. The number of halogens is 1. The van der Waals surface area contributed by atoms with Gasteiger partial charge in [-0.3, -0.25) is 9.59 Å². The minimum Gasteiger partial charge on any atom is -0.321 e. The third kappa shape index (κ3) is 3.62. The summed E-state index contributed by atoms with van der Waals surface area (Å²) in [5, 5.41) is 2.87. The van der Waals surface area contributed by atoms with E-state index >= 15 is 0 Å². The van der Waals surface area contributed by atoms with Crippen LogP contribution in [0.1, 0.15) is 29.6 Å². The fourth-order valence-corrected chi connectivity index (χ4v) is 3.01. The van der Waals surface area contributed by atoms with Gasteiger partial charge in [0.05, 0.1) is 5.69 Å². The second-order valence-corrected chi connectivity index (χ2v) is 6.34. The Morgan fingerprint density at radius 2 is 1.78 bits per heavy atom. The van der Waals surface area contributed by atoms with Crippen LogP contribution in [0.25, 0.3) is 0 Å². The van der Waals surface area contributed by atoms with E-state index in [1.807, 2.05) is 36.4 Å². The Bertz CT molecular complexity index is 728. The molecule has 0 atom stereocenters. The molecule has 0 bridgehead atoms. The quantitative estimate of drug-likeness (QED) is 0.876. The van der Waals surface area contributed by atoms with E-state index in [1.165, 1.54) is 0 Å². The molecule has 1 heterocycles. The first-order chi connectivity index (χ1) is 11.1. The second-order valence-electron chi connectivity index (χ2n) is 5.48. The van der Waals surface area contributed by atoms with Crippen LogP contribution in [0.15, 0.2) is 53.0 Å². The fraction of sp³-hybridized carbons (Fsp3) is 0.222. The molecule has 1 saturated heterocycles. The molecule has 2 aromatic carbocycles. The van der Waals surface area contributed by atoms with Gasteiger partial charge in [-0.2, -0.15) is 0 Å². The first-order valence-corrected chi connectivity index (χ1v) is 8.41. The summed E-state index contributed by atoms with van der Waals surface area (Å²) in [5.41, 5.74) is 2.15. The molecule has 1 aliphatic heterocycles. The molecule has 4 nitrogen and oxygen atoms in total. The molecule has 23 heavy (non-hydrogen) atoms. The summed E-state index contributed by atoms with van der Waals surface area (Å²) in [4.78, 5) is 26.0. The summed E-state index contributed by atoms with van der Waals surface area (Å²) >= 11 is 3.41. The topological polar surface area (TPSA) is 49.4 Å². The van der Waals surface area contributed by atoms with Crippen molar-refractivity contribution in [1.82, 2.24) is 0 Å². The van der Waals surface area contributed by atoms with Crippen LogP contribution in [0.2, 0.25) is 0 Å². The number of hydrogen-bond donors (Lipinski definition) is 1. The van der Waals surface area contributed by atoms with Gasteiger partial charge in [0.1, 0.15) is 0 Å². The molecule has 3 rings (SSSR count). The van der Waals surface area contributed by atoms with Crippen LogP contribution < -0.4 is 10.2 Å². The van der Waals surface area contributed by atoms with Gasteiger partial charge in [-0.15, -0.1) is 0 Å². The number of nitrogens with one attached hydrogen (secondary N) is 1. The first kappa shape index (κ1) is 15.7. The molecular weight excluding hydrogens is 356 g/mol. The number of hydrogen-bond acceptors (Lipinski definition) is 2. The van der Waals surface area contributed by atoms with Crippen molar-refractivity contribution in [3.8, 4) is 0 Å². The van der Waals surface area contributed by atoms with Gasteiger partial charge in [0, 0.05) is 28.7 Å². The summed E-state index contributed by atoms with van der Waals surface area (Å²) < 4.78 is 0.837. The number of nitrogens with zero attached hydrogens (tertiary/aromatic N) is 1. The van der Waals surface area contributed by atoms with Crippen molar-refractivity contribution in [1.29, 1.82) is 0 Å².